The van der Waals surface area contributed by atoms with Gasteiger partial charge in [0.25, 0.3) is 5.91 Å². The molecule has 1 rings (SSSR count). The minimum atomic E-state index is -0.142. The van der Waals surface area contributed by atoms with Gasteiger partial charge in [-0.1, -0.05) is 19.4 Å². The van der Waals surface area contributed by atoms with Crippen LogP contribution in [0.2, 0.25) is 0 Å². The second kappa shape index (κ2) is 9.15. The van der Waals surface area contributed by atoms with Gasteiger partial charge in [-0.3, -0.25) is 9.59 Å². The normalized spacial score (nSPS) is 10.2. The van der Waals surface area contributed by atoms with Gasteiger partial charge in [-0.2, -0.15) is 0 Å². The first kappa shape index (κ1) is 18.1. The Morgan fingerprint density at radius 1 is 1.27 bits per heavy atom. The van der Waals surface area contributed by atoms with E-state index in [0.29, 0.717) is 17.7 Å². The third-order valence-corrected chi connectivity index (χ3v) is 3.02. The quantitative estimate of drug-likeness (QED) is 0.705. The molecule has 0 aliphatic rings. The summed E-state index contributed by atoms with van der Waals surface area (Å²) in [6.07, 6.45) is 2.25. The highest BCUT2D eigenvalue weighted by atomic mass is 32.1. The van der Waals surface area contributed by atoms with Crippen molar-refractivity contribution >= 4 is 34.8 Å². The van der Waals surface area contributed by atoms with Crippen LogP contribution in [0.1, 0.15) is 50.4 Å². The first-order valence-corrected chi connectivity index (χ1v) is 7.85. The third-order valence-electron chi connectivity index (χ3n) is 2.81. The molecule has 0 atom stereocenters. The van der Waals surface area contributed by atoms with Crippen LogP contribution in [-0.2, 0) is 4.79 Å². The van der Waals surface area contributed by atoms with Crippen LogP contribution >= 0.6 is 12.2 Å². The highest BCUT2D eigenvalue weighted by molar-refractivity contribution is 7.80. The van der Waals surface area contributed by atoms with E-state index in [9.17, 15) is 9.59 Å². The Hall–Kier alpha value is -1.95. The molecule has 1 aromatic carbocycles. The molecule has 120 valence electrons. The highest BCUT2D eigenvalue weighted by Crippen LogP contribution is 2.11. The van der Waals surface area contributed by atoms with Gasteiger partial charge >= 0.3 is 0 Å². The van der Waals surface area contributed by atoms with Crippen LogP contribution in [0, 0.1) is 0 Å². The van der Waals surface area contributed by atoms with E-state index in [1.54, 1.807) is 24.3 Å². The maximum absolute atomic E-state index is 11.9. The molecule has 0 aromatic heterocycles. The van der Waals surface area contributed by atoms with Crippen molar-refractivity contribution in [2.24, 2.45) is 0 Å². The summed E-state index contributed by atoms with van der Waals surface area (Å²) in [4.78, 5) is 23.5. The molecular formula is C16H23N3O2S. The highest BCUT2D eigenvalue weighted by Gasteiger charge is 2.09. The number of anilines is 1. The van der Waals surface area contributed by atoms with Crippen molar-refractivity contribution in [3.8, 4) is 0 Å². The molecule has 0 saturated heterocycles. The largest absolute Gasteiger partial charge is 0.350 e. The lowest BCUT2D eigenvalue weighted by Crippen LogP contribution is -2.34. The summed E-state index contributed by atoms with van der Waals surface area (Å²) >= 11 is 5.10. The van der Waals surface area contributed by atoms with Crippen LogP contribution < -0.4 is 16.0 Å². The Balaban J connectivity index is 2.60. The zero-order chi connectivity index (χ0) is 16.5. The summed E-state index contributed by atoms with van der Waals surface area (Å²) in [5.74, 6) is -0.246. The molecule has 3 N–H and O–H groups in total. The van der Waals surface area contributed by atoms with Gasteiger partial charge in [-0.15, -0.1) is 0 Å². The van der Waals surface area contributed by atoms with Gasteiger partial charge in [0.1, 0.15) is 0 Å². The predicted molar refractivity (Wildman–Crippen MR) is 92.9 cm³/mol. The number of unbranched alkanes of at least 4 members (excludes halogenated alkanes) is 1. The molecule has 2 amide bonds. The Kier molecular flexibility index (Phi) is 7.52. The van der Waals surface area contributed by atoms with Gasteiger partial charge in [0.05, 0.1) is 0 Å². The molecule has 0 fully saturated rings. The van der Waals surface area contributed by atoms with E-state index in [2.05, 4.69) is 16.0 Å². The van der Waals surface area contributed by atoms with Gasteiger partial charge in [-0.05, 0) is 50.7 Å². The van der Waals surface area contributed by atoms with Crippen LogP contribution in [0.3, 0.4) is 0 Å². The fourth-order valence-electron chi connectivity index (χ4n) is 1.77. The molecule has 1 aromatic rings. The summed E-state index contributed by atoms with van der Waals surface area (Å²) in [5, 5.41) is 8.61. The zero-order valence-corrected chi connectivity index (χ0v) is 14.0. The van der Waals surface area contributed by atoms with Crippen LogP contribution in [0.5, 0.6) is 0 Å². The first-order valence-electron chi connectivity index (χ1n) is 7.44. The Bertz CT molecular complexity index is 544. The SMILES string of the molecule is CCCCC(=O)NC(=S)Nc1cccc(C(=O)NC(C)C)c1. The summed E-state index contributed by atoms with van der Waals surface area (Å²) in [7, 11) is 0. The van der Waals surface area contributed by atoms with Gasteiger partial charge in [0.15, 0.2) is 5.11 Å². The molecule has 6 heteroatoms. The number of rotatable bonds is 6. The molecular weight excluding hydrogens is 298 g/mol. The second-order valence-corrected chi connectivity index (χ2v) is 5.72. The lowest BCUT2D eigenvalue weighted by Gasteiger charge is -2.12. The number of benzene rings is 1. The maximum atomic E-state index is 11.9. The maximum Gasteiger partial charge on any atom is 0.251 e. The van der Waals surface area contributed by atoms with Gasteiger partial charge in [0, 0.05) is 23.7 Å². The summed E-state index contributed by atoms with van der Waals surface area (Å²) < 4.78 is 0. The van der Waals surface area contributed by atoms with E-state index in [4.69, 9.17) is 12.2 Å². The van der Waals surface area contributed by atoms with E-state index >= 15 is 0 Å². The lowest BCUT2D eigenvalue weighted by atomic mass is 10.2. The average Bonchev–Trinajstić information content (AvgIpc) is 2.44. The van der Waals surface area contributed by atoms with Gasteiger partial charge in [0.2, 0.25) is 5.91 Å². The molecule has 0 bridgehead atoms. The molecule has 22 heavy (non-hydrogen) atoms. The number of hydrogen-bond acceptors (Lipinski definition) is 3. The monoisotopic (exact) mass is 321 g/mol. The number of nitrogens with one attached hydrogen (secondary N) is 3. The smallest absolute Gasteiger partial charge is 0.251 e. The summed E-state index contributed by atoms with van der Waals surface area (Å²) in [6, 6.07) is 7.05. The molecule has 0 radical (unpaired) electrons. The predicted octanol–water partition coefficient (Wildman–Crippen LogP) is 2.83. The van der Waals surface area contributed by atoms with Crippen molar-refractivity contribution < 1.29 is 9.59 Å². The van der Waals surface area contributed by atoms with Crippen molar-refractivity contribution in [1.29, 1.82) is 0 Å². The van der Waals surface area contributed by atoms with E-state index < -0.39 is 0 Å². The number of thiocarbonyl (C=S) groups is 1. The van der Waals surface area contributed by atoms with Crippen LogP contribution in [0.25, 0.3) is 0 Å². The van der Waals surface area contributed by atoms with Crippen molar-refractivity contribution in [2.45, 2.75) is 46.1 Å². The topological polar surface area (TPSA) is 70.2 Å². The number of carbonyl (C=O) groups is 2. The Labute approximate surface area is 136 Å². The van der Waals surface area contributed by atoms with E-state index in [-0.39, 0.29) is 23.0 Å². The Morgan fingerprint density at radius 2 is 2.00 bits per heavy atom. The van der Waals surface area contributed by atoms with E-state index in [1.165, 1.54) is 0 Å². The second-order valence-electron chi connectivity index (χ2n) is 5.31. The molecule has 0 aliphatic heterocycles. The number of hydrogen-bond donors (Lipinski definition) is 3. The lowest BCUT2D eigenvalue weighted by molar-refractivity contribution is -0.119. The molecule has 0 heterocycles. The van der Waals surface area contributed by atoms with E-state index in [0.717, 1.165) is 12.8 Å². The Morgan fingerprint density at radius 3 is 2.64 bits per heavy atom. The summed E-state index contributed by atoms with van der Waals surface area (Å²) in [5.41, 5.74) is 1.20. The minimum Gasteiger partial charge on any atom is -0.350 e. The van der Waals surface area contributed by atoms with Gasteiger partial charge < -0.3 is 16.0 Å². The molecule has 0 spiro atoms. The molecule has 0 unspecified atom stereocenters. The minimum absolute atomic E-state index is 0.0723. The molecule has 0 saturated carbocycles. The fraction of sp³-hybridized carbons (Fsp3) is 0.438. The van der Waals surface area contributed by atoms with Crippen LogP contribution in [0.15, 0.2) is 24.3 Å². The third kappa shape index (κ3) is 6.67. The van der Waals surface area contributed by atoms with Crippen molar-refractivity contribution in [1.82, 2.24) is 10.6 Å². The number of amides is 2. The molecule has 5 nitrogen and oxygen atoms in total. The first-order chi connectivity index (χ1) is 10.4. The van der Waals surface area contributed by atoms with Crippen molar-refractivity contribution in [3.05, 3.63) is 29.8 Å². The van der Waals surface area contributed by atoms with Crippen molar-refractivity contribution in [2.75, 3.05) is 5.32 Å². The summed E-state index contributed by atoms with van der Waals surface area (Å²) in [6.45, 7) is 5.83. The molecule has 0 aliphatic carbocycles. The van der Waals surface area contributed by atoms with Crippen LogP contribution in [-0.4, -0.2) is 23.0 Å². The van der Waals surface area contributed by atoms with Crippen LogP contribution in [0.4, 0.5) is 5.69 Å². The van der Waals surface area contributed by atoms with Gasteiger partial charge in [-0.25, -0.2) is 0 Å². The number of carbonyl (C=O) groups excluding carboxylic acids is 2. The van der Waals surface area contributed by atoms with E-state index in [1.807, 2.05) is 20.8 Å². The standard InChI is InChI=1S/C16H23N3O2S/c1-4-5-9-14(20)19-16(22)18-13-8-6-7-12(10-13)15(21)17-11(2)3/h6-8,10-11H,4-5,9H2,1-3H3,(H,17,21)(H2,18,19,20,22). The zero-order valence-electron chi connectivity index (χ0n) is 13.2. The van der Waals surface area contributed by atoms with Crippen molar-refractivity contribution in [3.63, 3.8) is 0 Å². The fourth-order valence-corrected chi connectivity index (χ4v) is 2.00. The average molecular weight is 321 g/mol.